The molecule has 1 saturated carbocycles. The van der Waals surface area contributed by atoms with Gasteiger partial charge >= 0.3 is 0 Å². The normalized spacial score (nSPS) is 40.1. The van der Waals surface area contributed by atoms with Gasteiger partial charge < -0.3 is 10.6 Å². The van der Waals surface area contributed by atoms with Crippen LogP contribution < -0.4 is 5.73 Å². The lowest BCUT2D eigenvalue weighted by molar-refractivity contribution is -0.136. The number of amides is 1. The summed E-state index contributed by atoms with van der Waals surface area (Å²) in [7, 11) is 0. The molecule has 2 aliphatic rings. The molecule has 92 valence electrons. The molecular formula is C13H24N2O. The lowest BCUT2D eigenvalue weighted by Crippen LogP contribution is -2.41. The van der Waals surface area contributed by atoms with Crippen molar-refractivity contribution in [3.8, 4) is 0 Å². The van der Waals surface area contributed by atoms with Crippen LogP contribution in [0.15, 0.2) is 0 Å². The number of hydrogen-bond acceptors (Lipinski definition) is 2. The van der Waals surface area contributed by atoms with Gasteiger partial charge in [0.1, 0.15) is 0 Å². The van der Waals surface area contributed by atoms with Crippen molar-refractivity contribution in [3.05, 3.63) is 0 Å². The number of carbonyl (C=O) groups excluding carboxylic acids is 1. The van der Waals surface area contributed by atoms with E-state index in [1.165, 1.54) is 6.42 Å². The Hall–Kier alpha value is -0.570. The fourth-order valence-electron chi connectivity index (χ4n) is 3.25. The Morgan fingerprint density at radius 2 is 1.94 bits per heavy atom. The van der Waals surface area contributed by atoms with E-state index in [1.54, 1.807) is 0 Å². The van der Waals surface area contributed by atoms with Crippen LogP contribution >= 0.6 is 0 Å². The summed E-state index contributed by atoms with van der Waals surface area (Å²) >= 11 is 0. The molecule has 0 aromatic heterocycles. The Bertz CT molecular complexity index is 257. The minimum atomic E-state index is 0.198. The van der Waals surface area contributed by atoms with Gasteiger partial charge in [-0.25, -0.2) is 0 Å². The second-order valence-corrected chi connectivity index (χ2v) is 5.95. The monoisotopic (exact) mass is 224 g/mol. The Morgan fingerprint density at radius 3 is 2.50 bits per heavy atom. The van der Waals surface area contributed by atoms with Crippen LogP contribution in [0.1, 0.15) is 39.5 Å². The molecule has 0 spiro atoms. The SMILES string of the molecule is CC1CC(N)CC(C(=O)N2CCC(C)C2)C1. The van der Waals surface area contributed by atoms with E-state index in [0.29, 0.717) is 17.7 Å². The van der Waals surface area contributed by atoms with E-state index in [9.17, 15) is 4.79 Å². The van der Waals surface area contributed by atoms with Gasteiger partial charge in [0.05, 0.1) is 0 Å². The molecule has 0 radical (unpaired) electrons. The van der Waals surface area contributed by atoms with Crippen molar-refractivity contribution in [2.75, 3.05) is 13.1 Å². The molecule has 4 unspecified atom stereocenters. The molecular weight excluding hydrogens is 200 g/mol. The van der Waals surface area contributed by atoms with Crippen LogP contribution in [0, 0.1) is 17.8 Å². The summed E-state index contributed by atoms with van der Waals surface area (Å²) in [6.07, 6.45) is 4.19. The predicted molar refractivity (Wildman–Crippen MR) is 64.8 cm³/mol. The summed E-state index contributed by atoms with van der Waals surface area (Å²) in [5.74, 6) is 1.85. The van der Waals surface area contributed by atoms with Crippen molar-refractivity contribution in [3.63, 3.8) is 0 Å². The molecule has 1 amide bonds. The highest BCUT2D eigenvalue weighted by molar-refractivity contribution is 5.79. The fourth-order valence-corrected chi connectivity index (χ4v) is 3.25. The van der Waals surface area contributed by atoms with Crippen LogP contribution in [0.25, 0.3) is 0 Å². The number of likely N-dealkylation sites (tertiary alicyclic amines) is 1. The van der Waals surface area contributed by atoms with Crippen molar-refractivity contribution in [1.82, 2.24) is 4.90 Å². The van der Waals surface area contributed by atoms with E-state index >= 15 is 0 Å². The summed E-state index contributed by atoms with van der Waals surface area (Å²) < 4.78 is 0. The number of nitrogens with two attached hydrogens (primary N) is 1. The third kappa shape index (κ3) is 2.57. The predicted octanol–water partition coefficient (Wildman–Crippen LogP) is 1.62. The molecule has 4 atom stereocenters. The van der Waals surface area contributed by atoms with E-state index in [4.69, 9.17) is 5.73 Å². The molecule has 0 aromatic carbocycles. The highest BCUT2D eigenvalue weighted by atomic mass is 16.2. The standard InChI is InChI=1S/C13H24N2O/c1-9-3-4-15(8-9)13(16)11-5-10(2)6-12(14)7-11/h9-12H,3-8,14H2,1-2H3. The highest BCUT2D eigenvalue weighted by Crippen LogP contribution is 2.30. The van der Waals surface area contributed by atoms with Gasteiger partial charge in [-0.1, -0.05) is 13.8 Å². The maximum Gasteiger partial charge on any atom is 0.225 e. The van der Waals surface area contributed by atoms with Crippen molar-refractivity contribution in [1.29, 1.82) is 0 Å². The zero-order valence-corrected chi connectivity index (χ0v) is 10.5. The van der Waals surface area contributed by atoms with Gasteiger partial charge in [0.25, 0.3) is 0 Å². The molecule has 0 aromatic rings. The minimum absolute atomic E-state index is 0.198. The zero-order chi connectivity index (χ0) is 11.7. The molecule has 2 rings (SSSR count). The maximum absolute atomic E-state index is 12.3. The first-order valence-corrected chi connectivity index (χ1v) is 6.60. The number of rotatable bonds is 1. The Morgan fingerprint density at radius 1 is 1.19 bits per heavy atom. The second kappa shape index (κ2) is 4.74. The van der Waals surface area contributed by atoms with Crippen LogP contribution in [0.2, 0.25) is 0 Å². The third-order valence-corrected chi connectivity index (χ3v) is 4.06. The molecule has 1 aliphatic carbocycles. The van der Waals surface area contributed by atoms with E-state index in [2.05, 4.69) is 18.7 Å². The lowest BCUT2D eigenvalue weighted by Gasteiger charge is -2.32. The average molecular weight is 224 g/mol. The summed E-state index contributed by atoms with van der Waals surface area (Å²) in [5.41, 5.74) is 6.01. The quantitative estimate of drug-likeness (QED) is 0.735. The maximum atomic E-state index is 12.3. The number of hydrogen-bond donors (Lipinski definition) is 1. The Balaban J connectivity index is 1.93. The summed E-state index contributed by atoms with van der Waals surface area (Å²) in [5, 5.41) is 0. The topological polar surface area (TPSA) is 46.3 Å². The van der Waals surface area contributed by atoms with Gasteiger partial charge in [-0.05, 0) is 37.5 Å². The van der Waals surface area contributed by atoms with Crippen molar-refractivity contribution in [2.24, 2.45) is 23.5 Å². The minimum Gasteiger partial charge on any atom is -0.342 e. The number of nitrogens with zero attached hydrogens (tertiary/aromatic N) is 1. The first-order valence-electron chi connectivity index (χ1n) is 6.60. The molecule has 3 nitrogen and oxygen atoms in total. The van der Waals surface area contributed by atoms with Crippen LogP contribution in [-0.4, -0.2) is 29.9 Å². The summed E-state index contributed by atoms with van der Waals surface area (Å²) in [6.45, 7) is 6.35. The third-order valence-electron chi connectivity index (χ3n) is 4.06. The largest absolute Gasteiger partial charge is 0.342 e. The highest BCUT2D eigenvalue weighted by Gasteiger charge is 2.33. The Labute approximate surface area is 98.4 Å². The van der Waals surface area contributed by atoms with Gasteiger partial charge in [-0.2, -0.15) is 0 Å². The molecule has 2 N–H and O–H groups in total. The molecule has 16 heavy (non-hydrogen) atoms. The van der Waals surface area contributed by atoms with Gasteiger partial charge in [-0.3, -0.25) is 4.79 Å². The fraction of sp³-hybridized carbons (Fsp3) is 0.923. The second-order valence-electron chi connectivity index (χ2n) is 5.95. The first kappa shape index (κ1) is 11.9. The van der Waals surface area contributed by atoms with Crippen LogP contribution in [0.4, 0.5) is 0 Å². The van der Waals surface area contributed by atoms with Crippen LogP contribution in [-0.2, 0) is 4.79 Å². The van der Waals surface area contributed by atoms with Crippen molar-refractivity contribution >= 4 is 5.91 Å². The van der Waals surface area contributed by atoms with Crippen LogP contribution in [0.3, 0.4) is 0 Å². The summed E-state index contributed by atoms with van der Waals surface area (Å²) in [4.78, 5) is 14.4. The summed E-state index contributed by atoms with van der Waals surface area (Å²) in [6, 6.07) is 0.234. The Kier molecular flexibility index (Phi) is 3.53. The molecule has 2 fully saturated rings. The van der Waals surface area contributed by atoms with E-state index in [-0.39, 0.29) is 12.0 Å². The van der Waals surface area contributed by atoms with E-state index < -0.39 is 0 Å². The smallest absolute Gasteiger partial charge is 0.225 e. The van der Waals surface area contributed by atoms with Crippen molar-refractivity contribution in [2.45, 2.75) is 45.6 Å². The molecule has 1 aliphatic heterocycles. The van der Waals surface area contributed by atoms with Gasteiger partial charge in [-0.15, -0.1) is 0 Å². The van der Waals surface area contributed by atoms with Crippen molar-refractivity contribution < 1.29 is 4.79 Å². The van der Waals surface area contributed by atoms with Gasteiger partial charge in [0.15, 0.2) is 0 Å². The van der Waals surface area contributed by atoms with E-state index in [1.807, 2.05) is 0 Å². The molecule has 3 heteroatoms. The zero-order valence-electron chi connectivity index (χ0n) is 10.5. The number of carbonyl (C=O) groups is 1. The molecule has 1 saturated heterocycles. The molecule has 0 bridgehead atoms. The van der Waals surface area contributed by atoms with Gasteiger partial charge in [0.2, 0.25) is 5.91 Å². The lowest BCUT2D eigenvalue weighted by atomic mass is 9.79. The van der Waals surface area contributed by atoms with Gasteiger partial charge in [0, 0.05) is 25.0 Å². The average Bonchev–Trinajstić information content (AvgIpc) is 2.62. The van der Waals surface area contributed by atoms with E-state index in [0.717, 1.165) is 32.4 Å². The molecule has 1 heterocycles. The van der Waals surface area contributed by atoms with Crippen LogP contribution in [0.5, 0.6) is 0 Å². The first-order chi connectivity index (χ1) is 7.56.